The average molecular weight is 363 g/mol. The molecule has 2 rings (SSSR count). The predicted octanol–water partition coefficient (Wildman–Crippen LogP) is 3.85. The maximum atomic E-state index is 12.7. The molecule has 1 aromatic rings. The van der Waals surface area contributed by atoms with E-state index in [0.29, 0.717) is 13.0 Å². The molecule has 0 bridgehead atoms. The molecular formula is C16H18ClF3N2O2. The van der Waals surface area contributed by atoms with Crippen LogP contribution in [0, 0.1) is 11.8 Å². The molecule has 0 radical (unpaired) electrons. The third-order valence-corrected chi connectivity index (χ3v) is 4.17. The van der Waals surface area contributed by atoms with Crippen molar-refractivity contribution in [1.82, 2.24) is 5.32 Å². The van der Waals surface area contributed by atoms with Crippen molar-refractivity contribution in [2.75, 3.05) is 11.9 Å². The zero-order valence-corrected chi connectivity index (χ0v) is 13.8. The van der Waals surface area contributed by atoms with E-state index in [1.54, 1.807) is 0 Å². The fourth-order valence-electron chi connectivity index (χ4n) is 2.32. The van der Waals surface area contributed by atoms with Gasteiger partial charge in [-0.1, -0.05) is 24.9 Å². The molecule has 0 aliphatic heterocycles. The van der Waals surface area contributed by atoms with Gasteiger partial charge in [0.25, 0.3) is 0 Å². The van der Waals surface area contributed by atoms with E-state index >= 15 is 0 Å². The summed E-state index contributed by atoms with van der Waals surface area (Å²) < 4.78 is 38.1. The third-order valence-electron chi connectivity index (χ3n) is 3.85. The molecule has 0 spiro atoms. The van der Waals surface area contributed by atoms with E-state index in [1.165, 1.54) is 0 Å². The largest absolute Gasteiger partial charge is 0.416 e. The second kappa shape index (κ2) is 7.42. The minimum atomic E-state index is -4.52. The third kappa shape index (κ3) is 4.63. The Morgan fingerprint density at radius 1 is 1.25 bits per heavy atom. The van der Waals surface area contributed by atoms with Gasteiger partial charge in [-0.3, -0.25) is 9.59 Å². The summed E-state index contributed by atoms with van der Waals surface area (Å²) in [6, 6.07) is 2.72. The Kier molecular flexibility index (Phi) is 5.74. The number of benzene rings is 1. The van der Waals surface area contributed by atoms with Gasteiger partial charge >= 0.3 is 6.18 Å². The van der Waals surface area contributed by atoms with Gasteiger partial charge in [0.15, 0.2) is 0 Å². The minimum absolute atomic E-state index is 0.0148. The highest BCUT2D eigenvalue weighted by Gasteiger charge is 2.48. The highest BCUT2D eigenvalue weighted by Crippen LogP contribution is 2.40. The molecular weight excluding hydrogens is 345 g/mol. The molecule has 1 aliphatic rings. The summed E-state index contributed by atoms with van der Waals surface area (Å²) in [4.78, 5) is 23.9. The van der Waals surface area contributed by atoms with Crippen molar-refractivity contribution in [3.05, 3.63) is 28.8 Å². The molecule has 8 heteroatoms. The lowest BCUT2D eigenvalue weighted by molar-refractivity contribution is -0.137. The van der Waals surface area contributed by atoms with Gasteiger partial charge < -0.3 is 10.6 Å². The van der Waals surface area contributed by atoms with E-state index in [-0.39, 0.29) is 16.6 Å². The van der Waals surface area contributed by atoms with Crippen LogP contribution in [-0.4, -0.2) is 18.4 Å². The van der Waals surface area contributed by atoms with Crippen LogP contribution in [-0.2, 0) is 15.8 Å². The van der Waals surface area contributed by atoms with Gasteiger partial charge in [0.05, 0.1) is 28.1 Å². The van der Waals surface area contributed by atoms with Crippen LogP contribution in [0.3, 0.4) is 0 Å². The van der Waals surface area contributed by atoms with Gasteiger partial charge in [0.1, 0.15) is 0 Å². The van der Waals surface area contributed by atoms with Crippen LogP contribution < -0.4 is 10.6 Å². The summed E-state index contributed by atoms with van der Waals surface area (Å²) in [5.74, 6) is -1.64. The van der Waals surface area contributed by atoms with E-state index in [1.807, 2.05) is 6.92 Å². The molecule has 0 saturated heterocycles. The summed E-state index contributed by atoms with van der Waals surface area (Å²) in [5.41, 5.74) is -1.000. The second-order valence-electron chi connectivity index (χ2n) is 5.77. The van der Waals surface area contributed by atoms with E-state index in [0.717, 1.165) is 31.0 Å². The van der Waals surface area contributed by atoms with Gasteiger partial charge in [0, 0.05) is 6.54 Å². The molecule has 2 N–H and O–H groups in total. The Hall–Kier alpha value is -1.76. The molecule has 4 nitrogen and oxygen atoms in total. The number of rotatable bonds is 6. The molecule has 132 valence electrons. The molecule has 0 aromatic heterocycles. The van der Waals surface area contributed by atoms with E-state index in [4.69, 9.17) is 11.6 Å². The van der Waals surface area contributed by atoms with Crippen molar-refractivity contribution in [2.45, 2.75) is 32.4 Å². The average Bonchev–Trinajstić information content (AvgIpc) is 3.29. The zero-order chi connectivity index (χ0) is 17.9. The van der Waals surface area contributed by atoms with Gasteiger partial charge in [0.2, 0.25) is 11.8 Å². The molecule has 1 aromatic carbocycles. The first kappa shape index (κ1) is 18.6. The van der Waals surface area contributed by atoms with E-state index < -0.39 is 29.5 Å². The van der Waals surface area contributed by atoms with Crippen LogP contribution in [0.25, 0.3) is 0 Å². The molecule has 1 saturated carbocycles. The van der Waals surface area contributed by atoms with E-state index in [2.05, 4.69) is 10.6 Å². The number of anilines is 1. The number of hydrogen-bond acceptors (Lipinski definition) is 2. The Morgan fingerprint density at radius 2 is 1.92 bits per heavy atom. The first-order valence-electron chi connectivity index (χ1n) is 7.69. The first-order chi connectivity index (χ1) is 11.2. The topological polar surface area (TPSA) is 58.2 Å². The number of carbonyl (C=O) groups excluding carboxylic acids is 2. The number of unbranched alkanes of at least 4 members (excludes halogenated alkanes) is 1. The van der Waals surface area contributed by atoms with Crippen LogP contribution in [0.5, 0.6) is 0 Å². The summed E-state index contributed by atoms with van der Waals surface area (Å²) in [7, 11) is 0. The van der Waals surface area contributed by atoms with Crippen LogP contribution in [0.2, 0.25) is 5.02 Å². The van der Waals surface area contributed by atoms with Crippen LogP contribution in [0.4, 0.5) is 18.9 Å². The summed E-state index contributed by atoms with van der Waals surface area (Å²) in [6.45, 7) is 2.55. The highest BCUT2D eigenvalue weighted by atomic mass is 35.5. The number of amides is 2. The molecule has 1 aliphatic carbocycles. The van der Waals surface area contributed by atoms with Crippen molar-refractivity contribution in [3.63, 3.8) is 0 Å². The summed E-state index contributed by atoms with van der Waals surface area (Å²) in [6.07, 6.45) is -2.33. The van der Waals surface area contributed by atoms with Gasteiger partial charge in [-0.25, -0.2) is 0 Å². The summed E-state index contributed by atoms with van der Waals surface area (Å²) >= 11 is 5.84. The number of carbonyl (C=O) groups is 2. The monoisotopic (exact) mass is 362 g/mol. The van der Waals surface area contributed by atoms with Crippen molar-refractivity contribution < 1.29 is 22.8 Å². The maximum Gasteiger partial charge on any atom is 0.416 e. The zero-order valence-electron chi connectivity index (χ0n) is 13.0. The molecule has 24 heavy (non-hydrogen) atoms. The SMILES string of the molecule is CCCCNC(=O)C1CC1C(=O)Nc1cc(C(F)(F)F)ccc1Cl. The Morgan fingerprint density at radius 3 is 2.54 bits per heavy atom. The Labute approximate surface area is 142 Å². The highest BCUT2D eigenvalue weighted by molar-refractivity contribution is 6.33. The van der Waals surface area contributed by atoms with Crippen molar-refractivity contribution in [1.29, 1.82) is 0 Å². The lowest BCUT2D eigenvalue weighted by atomic mass is 10.2. The lowest BCUT2D eigenvalue weighted by Crippen LogP contribution is -2.28. The lowest BCUT2D eigenvalue weighted by Gasteiger charge is -2.11. The van der Waals surface area contributed by atoms with Crippen molar-refractivity contribution in [3.8, 4) is 0 Å². The number of halogens is 4. The van der Waals surface area contributed by atoms with Crippen molar-refractivity contribution in [2.24, 2.45) is 11.8 Å². The fourth-order valence-corrected chi connectivity index (χ4v) is 2.48. The molecule has 2 amide bonds. The Bertz CT molecular complexity index is 634. The number of nitrogens with one attached hydrogen (secondary N) is 2. The van der Waals surface area contributed by atoms with Gasteiger partial charge in [-0.15, -0.1) is 0 Å². The molecule has 1 fully saturated rings. The second-order valence-corrected chi connectivity index (χ2v) is 6.18. The molecule has 2 atom stereocenters. The van der Waals surface area contributed by atoms with Crippen LogP contribution in [0.15, 0.2) is 18.2 Å². The van der Waals surface area contributed by atoms with Gasteiger partial charge in [-0.2, -0.15) is 13.2 Å². The van der Waals surface area contributed by atoms with Crippen LogP contribution >= 0.6 is 11.6 Å². The first-order valence-corrected chi connectivity index (χ1v) is 8.07. The number of alkyl halides is 3. The number of hydrogen-bond donors (Lipinski definition) is 2. The predicted molar refractivity (Wildman–Crippen MR) is 84.6 cm³/mol. The maximum absolute atomic E-state index is 12.7. The summed E-state index contributed by atoms with van der Waals surface area (Å²) in [5, 5.41) is 5.14. The smallest absolute Gasteiger partial charge is 0.356 e. The Balaban J connectivity index is 1.95. The molecule has 0 heterocycles. The normalized spacial score (nSPS) is 19.7. The minimum Gasteiger partial charge on any atom is -0.356 e. The molecule has 2 unspecified atom stereocenters. The van der Waals surface area contributed by atoms with Crippen LogP contribution in [0.1, 0.15) is 31.7 Å². The van der Waals surface area contributed by atoms with Crippen molar-refractivity contribution >= 4 is 29.1 Å². The quantitative estimate of drug-likeness (QED) is 0.755. The van der Waals surface area contributed by atoms with E-state index in [9.17, 15) is 22.8 Å². The fraction of sp³-hybridized carbons (Fsp3) is 0.500. The standard InChI is InChI=1S/C16H18ClF3N2O2/c1-2-3-6-21-14(23)10-8-11(10)15(24)22-13-7-9(16(18,19)20)4-5-12(13)17/h4-5,7,10-11H,2-3,6,8H2,1H3,(H,21,23)(H,22,24). The van der Waals surface area contributed by atoms with Gasteiger partial charge in [-0.05, 0) is 31.0 Å².